The lowest BCUT2D eigenvalue weighted by Crippen LogP contribution is -2.11. The fourth-order valence-corrected chi connectivity index (χ4v) is 2.65. The normalized spacial score (nSPS) is 11.4. The summed E-state index contributed by atoms with van der Waals surface area (Å²) in [5, 5.41) is 3.30. The largest absolute Gasteiger partial charge is 0.416 e. The Hall–Kier alpha value is -2.22. The van der Waals surface area contributed by atoms with Crippen LogP contribution < -0.4 is 16.8 Å². The number of carbonyl (C=O) groups excluding carboxylic acids is 1. The predicted octanol–water partition coefficient (Wildman–Crippen LogP) is 3.06. The summed E-state index contributed by atoms with van der Waals surface area (Å²) in [5.41, 5.74) is 10.4. The molecule has 2 aromatic rings. The molecule has 0 fully saturated rings. The maximum atomic E-state index is 12.8. The third kappa shape index (κ3) is 3.46. The van der Waals surface area contributed by atoms with Gasteiger partial charge in [0.15, 0.2) is 0 Å². The van der Waals surface area contributed by atoms with Crippen LogP contribution in [0.15, 0.2) is 30.3 Å². The molecule has 2 rings (SSSR count). The Kier molecular flexibility index (Phi) is 4.08. The van der Waals surface area contributed by atoms with Crippen LogP contribution in [-0.2, 0) is 12.7 Å². The van der Waals surface area contributed by atoms with Crippen LogP contribution in [0.5, 0.6) is 0 Å². The van der Waals surface area contributed by atoms with E-state index in [2.05, 4.69) is 5.32 Å². The summed E-state index contributed by atoms with van der Waals surface area (Å²) in [7, 11) is 0. The van der Waals surface area contributed by atoms with Gasteiger partial charge in [0.05, 0.1) is 16.3 Å². The summed E-state index contributed by atoms with van der Waals surface area (Å²) in [4.78, 5) is 11.3. The Balaban J connectivity index is 2.18. The van der Waals surface area contributed by atoms with Crippen LogP contribution in [0, 0.1) is 0 Å². The molecule has 0 radical (unpaired) electrons. The number of carbonyl (C=O) groups is 1. The highest BCUT2D eigenvalue weighted by Gasteiger charge is 2.32. The van der Waals surface area contributed by atoms with E-state index in [4.69, 9.17) is 11.5 Å². The molecule has 0 saturated carbocycles. The van der Waals surface area contributed by atoms with Crippen molar-refractivity contribution in [1.29, 1.82) is 0 Å². The van der Waals surface area contributed by atoms with Gasteiger partial charge < -0.3 is 16.8 Å². The molecule has 0 aliphatic heterocycles. The first-order valence-corrected chi connectivity index (χ1v) is 6.68. The molecule has 0 unspecified atom stereocenters. The van der Waals surface area contributed by atoms with Crippen molar-refractivity contribution in [2.45, 2.75) is 12.7 Å². The fraction of sp³-hybridized carbons (Fsp3) is 0.154. The first-order chi connectivity index (χ1) is 9.79. The van der Waals surface area contributed by atoms with Gasteiger partial charge in [-0.15, -0.1) is 11.3 Å². The average Bonchev–Trinajstić information content (AvgIpc) is 2.77. The van der Waals surface area contributed by atoms with Gasteiger partial charge in [-0.3, -0.25) is 4.79 Å². The maximum Gasteiger partial charge on any atom is 0.416 e. The van der Waals surface area contributed by atoms with Crippen molar-refractivity contribution in [2.75, 3.05) is 11.1 Å². The van der Waals surface area contributed by atoms with Crippen molar-refractivity contribution in [3.05, 3.63) is 46.3 Å². The number of thiophene rings is 1. The van der Waals surface area contributed by atoms with E-state index in [1.54, 1.807) is 0 Å². The van der Waals surface area contributed by atoms with Gasteiger partial charge in [-0.2, -0.15) is 13.2 Å². The lowest BCUT2D eigenvalue weighted by molar-refractivity contribution is -0.138. The van der Waals surface area contributed by atoms with E-state index in [9.17, 15) is 18.0 Å². The lowest BCUT2D eigenvalue weighted by Gasteiger charge is -2.13. The first-order valence-electron chi connectivity index (χ1n) is 5.87. The molecule has 1 heterocycles. The second-order valence-electron chi connectivity index (χ2n) is 4.27. The summed E-state index contributed by atoms with van der Waals surface area (Å²) in [6.07, 6.45) is -4.41. The Labute approximate surface area is 122 Å². The van der Waals surface area contributed by atoms with E-state index < -0.39 is 17.6 Å². The van der Waals surface area contributed by atoms with Crippen molar-refractivity contribution < 1.29 is 18.0 Å². The fourth-order valence-electron chi connectivity index (χ4n) is 1.82. The van der Waals surface area contributed by atoms with E-state index in [1.807, 2.05) is 0 Å². The molecule has 0 aliphatic rings. The van der Waals surface area contributed by atoms with E-state index >= 15 is 0 Å². The van der Waals surface area contributed by atoms with Crippen molar-refractivity contribution in [3.8, 4) is 0 Å². The van der Waals surface area contributed by atoms with Gasteiger partial charge in [-0.1, -0.05) is 18.2 Å². The van der Waals surface area contributed by atoms with Crippen LogP contribution in [0.2, 0.25) is 0 Å². The number of nitrogen functional groups attached to an aromatic ring is 1. The molecular weight excluding hydrogens is 303 g/mol. The molecule has 0 bridgehead atoms. The van der Waals surface area contributed by atoms with E-state index in [0.29, 0.717) is 5.00 Å². The SMILES string of the molecule is NC(=O)c1sc(NCc2ccccc2C(F)(F)F)cc1N. The molecule has 21 heavy (non-hydrogen) atoms. The Morgan fingerprint density at radius 2 is 1.95 bits per heavy atom. The van der Waals surface area contributed by atoms with Crippen LogP contribution in [0.4, 0.5) is 23.9 Å². The minimum Gasteiger partial charge on any atom is -0.397 e. The molecule has 8 heteroatoms. The molecule has 0 saturated heterocycles. The van der Waals surface area contributed by atoms with Gasteiger partial charge in [-0.05, 0) is 17.7 Å². The number of primary amides is 1. The standard InChI is InChI=1S/C13H12F3N3OS/c14-13(15,16)8-4-2-1-3-7(8)6-19-10-5-9(17)11(21-10)12(18)20/h1-5,19H,6,17H2,(H2,18,20). The topological polar surface area (TPSA) is 81.1 Å². The number of nitrogens with one attached hydrogen (secondary N) is 1. The van der Waals surface area contributed by atoms with Crippen LogP contribution in [-0.4, -0.2) is 5.91 Å². The first kappa shape index (κ1) is 15.2. The third-order valence-electron chi connectivity index (χ3n) is 2.76. The molecule has 0 spiro atoms. The number of halogens is 3. The zero-order chi connectivity index (χ0) is 15.6. The number of benzene rings is 1. The lowest BCUT2D eigenvalue weighted by atomic mass is 10.1. The van der Waals surface area contributed by atoms with E-state index in [0.717, 1.165) is 17.4 Å². The number of alkyl halides is 3. The Morgan fingerprint density at radius 3 is 2.52 bits per heavy atom. The summed E-state index contributed by atoms with van der Waals surface area (Å²) in [6, 6.07) is 6.75. The Morgan fingerprint density at radius 1 is 1.29 bits per heavy atom. The van der Waals surface area contributed by atoms with Crippen LogP contribution in [0.1, 0.15) is 20.8 Å². The number of rotatable bonds is 4. The summed E-state index contributed by atoms with van der Waals surface area (Å²) >= 11 is 1.01. The number of hydrogen-bond acceptors (Lipinski definition) is 4. The van der Waals surface area contributed by atoms with Gasteiger partial charge in [-0.25, -0.2) is 0 Å². The van der Waals surface area contributed by atoms with Crippen LogP contribution >= 0.6 is 11.3 Å². The molecule has 5 N–H and O–H groups in total. The zero-order valence-electron chi connectivity index (χ0n) is 10.7. The summed E-state index contributed by atoms with van der Waals surface area (Å²) in [6.45, 7) is -0.0339. The average molecular weight is 315 g/mol. The molecular formula is C13H12F3N3OS. The minimum atomic E-state index is -4.41. The highest BCUT2D eigenvalue weighted by Crippen LogP contribution is 2.33. The zero-order valence-corrected chi connectivity index (χ0v) is 11.5. The quantitative estimate of drug-likeness (QED) is 0.811. The molecule has 4 nitrogen and oxygen atoms in total. The molecule has 1 aromatic carbocycles. The second-order valence-corrected chi connectivity index (χ2v) is 5.32. The maximum absolute atomic E-state index is 12.8. The third-order valence-corrected chi connectivity index (χ3v) is 3.88. The van der Waals surface area contributed by atoms with Gasteiger partial charge in [0.25, 0.3) is 5.91 Å². The van der Waals surface area contributed by atoms with Gasteiger partial charge in [0, 0.05) is 6.54 Å². The van der Waals surface area contributed by atoms with Gasteiger partial charge in [0.2, 0.25) is 0 Å². The monoisotopic (exact) mass is 315 g/mol. The van der Waals surface area contributed by atoms with E-state index in [1.165, 1.54) is 24.3 Å². The number of hydrogen-bond donors (Lipinski definition) is 3. The van der Waals surface area contributed by atoms with Crippen molar-refractivity contribution in [1.82, 2.24) is 0 Å². The van der Waals surface area contributed by atoms with Crippen LogP contribution in [0.25, 0.3) is 0 Å². The molecule has 1 aromatic heterocycles. The minimum absolute atomic E-state index is 0.0339. The van der Waals surface area contributed by atoms with Crippen LogP contribution in [0.3, 0.4) is 0 Å². The number of amides is 1. The summed E-state index contributed by atoms with van der Waals surface area (Å²) < 4.78 is 38.5. The second kappa shape index (κ2) is 5.65. The van der Waals surface area contributed by atoms with Crippen molar-refractivity contribution >= 4 is 27.9 Å². The highest BCUT2D eigenvalue weighted by atomic mass is 32.1. The Bertz CT molecular complexity index is 667. The van der Waals surface area contributed by atoms with Gasteiger partial charge >= 0.3 is 6.18 Å². The molecule has 1 amide bonds. The molecule has 112 valence electrons. The van der Waals surface area contributed by atoms with E-state index in [-0.39, 0.29) is 22.7 Å². The highest BCUT2D eigenvalue weighted by molar-refractivity contribution is 7.18. The number of anilines is 2. The van der Waals surface area contributed by atoms with Gasteiger partial charge in [0.1, 0.15) is 4.88 Å². The smallest absolute Gasteiger partial charge is 0.397 e. The predicted molar refractivity (Wildman–Crippen MR) is 76.0 cm³/mol. The summed E-state index contributed by atoms with van der Waals surface area (Å²) in [5.74, 6) is -0.666. The molecule has 0 atom stereocenters. The van der Waals surface area contributed by atoms with Crippen molar-refractivity contribution in [3.63, 3.8) is 0 Å². The molecule has 0 aliphatic carbocycles. The number of nitrogens with two attached hydrogens (primary N) is 2. The van der Waals surface area contributed by atoms with Crippen molar-refractivity contribution in [2.24, 2.45) is 5.73 Å².